The fraction of sp³-hybridized carbons (Fsp3) is 0.214. The smallest absolute Gasteiger partial charge is 0.257 e. The molecule has 0 spiro atoms. The SMILES string of the molecule is COC1(C(=O)Cl)C=CC(c2ccccc2)=CC1. The Labute approximate surface area is 106 Å². The van der Waals surface area contributed by atoms with Crippen molar-refractivity contribution < 1.29 is 9.53 Å². The predicted octanol–water partition coefficient (Wildman–Crippen LogP) is 3.18. The Hall–Kier alpha value is -1.38. The van der Waals surface area contributed by atoms with Crippen LogP contribution in [0.3, 0.4) is 0 Å². The van der Waals surface area contributed by atoms with E-state index < -0.39 is 10.8 Å². The Balaban J connectivity index is 2.25. The normalized spacial score (nSPS) is 23.3. The largest absolute Gasteiger partial charge is 0.365 e. The van der Waals surface area contributed by atoms with Gasteiger partial charge in [-0.3, -0.25) is 4.79 Å². The Kier molecular flexibility index (Phi) is 3.46. The first kappa shape index (κ1) is 12.1. The van der Waals surface area contributed by atoms with Gasteiger partial charge in [0.1, 0.15) is 0 Å². The molecule has 2 nitrogen and oxygen atoms in total. The number of ether oxygens (including phenoxy) is 1. The molecule has 0 N–H and O–H groups in total. The van der Waals surface area contributed by atoms with Gasteiger partial charge in [0.2, 0.25) is 0 Å². The van der Waals surface area contributed by atoms with E-state index in [2.05, 4.69) is 0 Å². The van der Waals surface area contributed by atoms with Crippen LogP contribution in [0, 0.1) is 0 Å². The number of methoxy groups -OCH3 is 1. The molecule has 0 heterocycles. The maximum atomic E-state index is 11.4. The Bertz CT molecular complexity index is 476. The number of hydrogen-bond donors (Lipinski definition) is 0. The number of halogens is 1. The summed E-state index contributed by atoms with van der Waals surface area (Å²) in [5.74, 6) is 0. The van der Waals surface area contributed by atoms with Crippen LogP contribution in [0.1, 0.15) is 12.0 Å². The van der Waals surface area contributed by atoms with Crippen LogP contribution < -0.4 is 0 Å². The van der Waals surface area contributed by atoms with Crippen molar-refractivity contribution in [3.05, 3.63) is 54.1 Å². The zero-order valence-electron chi connectivity index (χ0n) is 9.52. The molecule has 1 aliphatic carbocycles. The zero-order chi connectivity index (χ0) is 12.3. The molecule has 0 bridgehead atoms. The highest BCUT2D eigenvalue weighted by atomic mass is 35.5. The third-order valence-electron chi connectivity index (χ3n) is 2.96. The number of benzene rings is 1. The Morgan fingerprint density at radius 2 is 2.06 bits per heavy atom. The molecular formula is C14H13ClO2. The molecule has 0 radical (unpaired) electrons. The number of carbonyl (C=O) groups excluding carboxylic acids is 1. The second-order valence-corrected chi connectivity index (χ2v) is 4.27. The highest BCUT2D eigenvalue weighted by Crippen LogP contribution is 2.30. The average molecular weight is 249 g/mol. The van der Waals surface area contributed by atoms with E-state index in [1.165, 1.54) is 7.11 Å². The molecule has 1 aromatic rings. The molecule has 0 saturated heterocycles. The van der Waals surface area contributed by atoms with Gasteiger partial charge in [-0.05, 0) is 28.8 Å². The summed E-state index contributed by atoms with van der Waals surface area (Å²) in [7, 11) is 1.49. The van der Waals surface area contributed by atoms with Gasteiger partial charge >= 0.3 is 0 Å². The van der Waals surface area contributed by atoms with Crippen molar-refractivity contribution in [2.24, 2.45) is 0 Å². The van der Waals surface area contributed by atoms with Crippen LogP contribution in [-0.4, -0.2) is 18.0 Å². The minimum absolute atomic E-state index is 0.465. The maximum absolute atomic E-state index is 11.4. The molecule has 0 aliphatic heterocycles. The van der Waals surface area contributed by atoms with Crippen molar-refractivity contribution in [3.8, 4) is 0 Å². The van der Waals surface area contributed by atoms with Crippen LogP contribution in [0.25, 0.3) is 5.57 Å². The second-order valence-electron chi connectivity index (χ2n) is 3.93. The first-order valence-electron chi connectivity index (χ1n) is 5.38. The van der Waals surface area contributed by atoms with Crippen LogP contribution >= 0.6 is 11.6 Å². The first-order chi connectivity index (χ1) is 8.18. The lowest BCUT2D eigenvalue weighted by atomic mass is 9.90. The summed E-state index contributed by atoms with van der Waals surface area (Å²) < 4.78 is 5.21. The van der Waals surface area contributed by atoms with E-state index in [1.54, 1.807) is 6.08 Å². The molecule has 2 rings (SSSR count). The van der Waals surface area contributed by atoms with E-state index in [0.29, 0.717) is 6.42 Å². The molecular weight excluding hydrogens is 236 g/mol. The molecule has 0 fully saturated rings. The lowest BCUT2D eigenvalue weighted by Gasteiger charge is -2.26. The molecule has 0 saturated carbocycles. The summed E-state index contributed by atoms with van der Waals surface area (Å²) in [5, 5.41) is -0.486. The van der Waals surface area contributed by atoms with Crippen molar-refractivity contribution in [2.75, 3.05) is 7.11 Å². The number of carbonyl (C=O) groups is 1. The van der Waals surface area contributed by atoms with Gasteiger partial charge in [-0.1, -0.05) is 42.5 Å². The van der Waals surface area contributed by atoms with Gasteiger partial charge in [0.15, 0.2) is 5.60 Å². The van der Waals surface area contributed by atoms with E-state index in [9.17, 15) is 4.79 Å². The van der Waals surface area contributed by atoms with Crippen LogP contribution in [0.4, 0.5) is 0 Å². The van der Waals surface area contributed by atoms with Gasteiger partial charge in [0.05, 0.1) is 0 Å². The van der Waals surface area contributed by atoms with Crippen LogP contribution in [-0.2, 0) is 9.53 Å². The van der Waals surface area contributed by atoms with Gasteiger partial charge in [0, 0.05) is 13.5 Å². The summed E-state index contributed by atoms with van der Waals surface area (Å²) in [5.41, 5.74) is 1.20. The lowest BCUT2D eigenvalue weighted by Crippen LogP contribution is -2.36. The number of rotatable bonds is 3. The summed E-state index contributed by atoms with van der Waals surface area (Å²) in [6.45, 7) is 0. The van der Waals surface area contributed by atoms with E-state index in [1.807, 2.05) is 42.5 Å². The Morgan fingerprint density at radius 1 is 1.35 bits per heavy atom. The standard InChI is InChI=1S/C14H13ClO2/c1-17-14(13(15)16)9-7-12(8-10-14)11-5-3-2-4-6-11/h2-9H,10H2,1H3. The molecule has 0 amide bonds. The van der Waals surface area contributed by atoms with Crippen LogP contribution in [0.15, 0.2) is 48.6 Å². The molecule has 3 heteroatoms. The van der Waals surface area contributed by atoms with E-state index in [4.69, 9.17) is 16.3 Å². The number of allylic oxidation sites excluding steroid dienone is 2. The minimum Gasteiger partial charge on any atom is -0.365 e. The molecule has 1 aromatic carbocycles. The van der Waals surface area contributed by atoms with Crippen molar-refractivity contribution in [1.29, 1.82) is 0 Å². The first-order valence-corrected chi connectivity index (χ1v) is 5.76. The van der Waals surface area contributed by atoms with E-state index >= 15 is 0 Å². The van der Waals surface area contributed by atoms with Crippen molar-refractivity contribution in [3.63, 3.8) is 0 Å². The number of hydrogen-bond acceptors (Lipinski definition) is 2. The van der Waals surface area contributed by atoms with Crippen molar-refractivity contribution in [2.45, 2.75) is 12.0 Å². The summed E-state index contributed by atoms with van der Waals surface area (Å²) in [6.07, 6.45) is 6.04. The van der Waals surface area contributed by atoms with Gasteiger partial charge in [-0.2, -0.15) is 0 Å². The van der Waals surface area contributed by atoms with Crippen LogP contribution in [0.5, 0.6) is 0 Å². The third kappa shape index (κ3) is 2.33. The fourth-order valence-corrected chi connectivity index (χ4v) is 2.06. The molecule has 17 heavy (non-hydrogen) atoms. The Morgan fingerprint density at radius 3 is 2.53 bits per heavy atom. The topological polar surface area (TPSA) is 26.3 Å². The molecule has 88 valence electrons. The van der Waals surface area contributed by atoms with Gasteiger partial charge < -0.3 is 4.74 Å². The van der Waals surface area contributed by atoms with E-state index in [-0.39, 0.29) is 0 Å². The lowest BCUT2D eigenvalue weighted by molar-refractivity contribution is -0.126. The summed E-state index contributed by atoms with van der Waals surface area (Å²) in [4.78, 5) is 11.4. The predicted molar refractivity (Wildman–Crippen MR) is 68.8 cm³/mol. The maximum Gasteiger partial charge on any atom is 0.257 e. The average Bonchev–Trinajstić information content (AvgIpc) is 2.39. The van der Waals surface area contributed by atoms with Gasteiger partial charge in [0.25, 0.3) is 5.24 Å². The quantitative estimate of drug-likeness (QED) is 0.768. The second kappa shape index (κ2) is 4.86. The van der Waals surface area contributed by atoms with Crippen molar-refractivity contribution >= 4 is 22.4 Å². The highest BCUT2D eigenvalue weighted by molar-refractivity contribution is 6.65. The highest BCUT2D eigenvalue weighted by Gasteiger charge is 2.35. The minimum atomic E-state index is -1.00. The third-order valence-corrected chi connectivity index (χ3v) is 3.28. The van der Waals surface area contributed by atoms with E-state index in [0.717, 1.165) is 11.1 Å². The molecule has 0 aromatic heterocycles. The summed E-state index contributed by atoms with van der Waals surface area (Å²) in [6, 6.07) is 9.99. The zero-order valence-corrected chi connectivity index (χ0v) is 10.3. The van der Waals surface area contributed by atoms with Gasteiger partial charge in [-0.15, -0.1) is 0 Å². The van der Waals surface area contributed by atoms with Crippen LogP contribution in [0.2, 0.25) is 0 Å². The monoisotopic (exact) mass is 248 g/mol. The molecule has 1 atom stereocenters. The van der Waals surface area contributed by atoms with Gasteiger partial charge in [-0.25, -0.2) is 0 Å². The molecule has 1 unspecified atom stereocenters. The van der Waals surface area contributed by atoms with Crippen molar-refractivity contribution in [1.82, 2.24) is 0 Å². The fourth-order valence-electron chi connectivity index (χ4n) is 1.84. The molecule has 1 aliphatic rings. The summed E-state index contributed by atoms with van der Waals surface area (Å²) >= 11 is 5.56.